The molecule has 0 fully saturated rings. The quantitative estimate of drug-likeness (QED) is 0.449. The average molecular weight is 203 g/mol. The van der Waals surface area contributed by atoms with E-state index < -0.39 is 0 Å². The van der Waals surface area contributed by atoms with Crippen molar-refractivity contribution in [1.82, 2.24) is 0 Å². The Bertz CT molecular complexity index is 406. The molecular formula is C10H13N5. The second kappa shape index (κ2) is 4.21. The maximum Gasteiger partial charge on any atom is 0.0379 e. The third kappa shape index (κ3) is 1.88. The molecule has 0 aromatic heterocycles. The number of azide groups is 1. The number of anilines is 1. The molecule has 1 atom stereocenters. The number of fused-ring (bicyclic) bond motifs is 1. The van der Waals surface area contributed by atoms with Crippen LogP contribution < -0.4 is 11.1 Å². The Labute approximate surface area is 87.9 Å². The lowest BCUT2D eigenvalue weighted by molar-refractivity contribution is 0.686. The summed E-state index contributed by atoms with van der Waals surface area (Å²) in [5.74, 6) is 0.443. The van der Waals surface area contributed by atoms with Gasteiger partial charge in [0.2, 0.25) is 0 Å². The van der Waals surface area contributed by atoms with Crippen molar-refractivity contribution in [3.63, 3.8) is 0 Å². The first-order chi connectivity index (χ1) is 7.35. The first kappa shape index (κ1) is 9.83. The SMILES string of the molecule is [N-]=[N+]=Nc1ccc2c(c1)C(CCN)CN2. The van der Waals surface area contributed by atoms with Crippen LogP contribution in [0.25, 0.3) is 10.4 Å². The van der Waals surface area contributed by atoms with Crippen molar-refractivity contribution in [2.45, 2.75) is 12.3 Å². The lowest BCUT2D eigenvalue weighted by Gasteiger charge is -2.08. The highest BCUT2D eigenvalue weighted by atomic mass is 15.1. The third-order valence-corrected chi connectivity index (χ3v) is 2.69. The van der Waals surface area contributed by atoms with Crippen molar-refractivity contribution < 1.29 is 0 Å². The van der Waals surface area contributed by atoms with Gasteiger partial charge in [0.1, 0.15) is 0 Å². The Morgan fingerprint density at radius 3 is 3.20 bits per heavy atom. The summed E-state index contributed by atoms with van der Waals surface area (Å²) in [5, 5.41) is 6.91. The van der Waals surface area contributed by atoms with Gasteiger partial charge in [-0.05, 0) is 36.2 Å². The standard InChI is InChI=1S/C10H13N5/c11-4-3-7-6-13-10-2-1-8(14-15-12)5-9(7)10/h1-2,5,7,13H,3-4,6,11H2. The van der Waals surface area contributed by atoms with E-state index in [2.05, 4.69) is 15.3 Å². The van der Waals surface area contributed by atoms with Gasteiger partial charge in [0, 0.05) is 28.7 Å². The number of nitrogens with two attached hydrogens (primary N) is 1. The topological polar surface area (TPSA) is 86.8 Å². The lowest BCUT2D eigenvalue weighted by atomic mass is 9.97. The van der Waals surface area contributed by atoms with E-state index in [1.165, 1.54) is 5.56 Å². The van der Waals surface area contributed by atoms with Gasteiger partial charge in [0.15, 0.2) is 0 Å². The molecule has 0 amide bonds. The molecule has 0 spiro atoms. The van der Waals surface area contributed by atoms with Crippen LogP contribution in [-0.4, -0.2) is 13.1 Å². The molecule has 3 N–H and O–H groups in total. The molecule has 1 unspecified atom stereocenters. The van der Waals surface area contributed by atoms with Crippen molar-refractivity contribution in [3.8, 4) is 0 Å². The van der Waals surface area contributed by atoms with Crippen LogP contribution in [0.3, 0.4) is 0 Å². The van der Waals surface area contributed by atoms with Crippen LogP contribution in [0.15, 0.2) is 23.3 Å². The van der Waals surface area contributed by atoms with E-state index in [1.807, 2.05) is 18.2 Å². The number of hydrogen-bond acceptors (Lipinski definition) is 3. The van der Waals surface area contributed by atoms with E-state index >= 15 is 0 Å². The highest BCUT2D eigenvalue weighted by molar-refractivity contribution is 5.62. The van der Waals surface area contributed by atoms with Crippen molar-refractivity contribution in [3.05, 3.63) is 34.2 Å². The molecule has 1 aliphatic heterocycles. The van der Waals surface area contributed by atoms with Gasteiger partial charge >= 0.3 is 0 Å². The summed E-state index contributed by atoms with van der Waals surface area (Å²) in [6, 6.07) is 5.71. The van der Waals surface area contributed by atoms with E-state index in [1.54, 1.807) is 0 Å². The maximum atomic E-state index is 8.36. The van der Waals surface area contributed by atoms with Gasteiger partial charge in [-0.15, -0.1) is 0 Å². The Balaban J connectivity index is 2.33. The number of hydrogen-bond donors (Lipinski definition) is 2. The molecule has 78 valence electrons. The molecular weight excluding hydrogens is 190 g/mol. The summed E-state index contributed by atoms with van der Waals surface area (Å²) in [6.07, 6.45) is 0.958. The number of benzene rings is 1. The smallest absolute Gasteiger partial charge is 0.0379 e. The maximum absolute atomic E-state index is 8.36. The van der Waals surface area contributed by atoms with E-state index in [0.29, 0.717) is 18.2 Å². The van der Waals surface area contributed by atoms with Crippen LogP contribution in [0.4, 0.5) is 11.4 Å². The minimum Gasteiger partial charge on any atom is -0.384 e. The van der Waals surface area contributed by atoms with Crippen molar-refractivity contribution in [1.29, 1.82) is 0 Å². The molecule has 15 heavy (non-hydrogen) atoms. The van der Waals surface area contributed by atoms with Crippen LogP contribution in [0.2, 0.25) is 0 Å². The van der Waals surface area contributed by atoms with Gasteiger partial charge in [-0.1, -0.05) is 11.2 Å². The van der Waals surface area contributed by atoms with Crippen molar-refractivity contribution >= 4 is 11.4 Å². The molecule has 1 aromatic carbocycles. The molecule has 0 bridgehead atoms. The highest BCUT2D eigenvalue weighted by Crippen LogP contribution is 2.35. The molecule has 5 nitrogen and oxygen atoms in total. The molecule has 5 heteroatoms. The molecule has 1 aromatic rings. The Kier molecular flexibility index (Phi) is 2.76. The first-order valence-electron chi connectivity index (χ1n) is 4.98. The summed E-state index contributed by atoms with van der Waals surface area (Å²) in [7, 11) is 0. The molecule has 0 saturated heterocycles. The summed E-state index contributed by atoms with van der Waals surface area (Å²) >= 11 is 0. The Morgan fingerprint density at radius 2 is 2.47 bits per heavy atom. The minimum atomic E-state index is 0.443. The molecule has 2 rings (SSSR count). The summed E-state index contributed by atoms with van der Waals surface area (Å²) in [5.41, 5.74) is 16.9. The van der Waals surface area contributed by atoms with E-state index in [9.17, 15) is 0 Å². The number of rotatable bonds is 3. The van der Waals surface area contributed by atoms with E-state index in [-0.39, 0.29) is 0 Å². The fraction of sp³-hybridized carbons (Fsp3) is 0.400. The lowest BCUT2D eigenvalue weighted by Crippen LogP contribution is -2.08. The zero-order valence-electron chi connectivity index (χ0n) is 8.35. The normalized spacial score (nSPS) is 17.8. The third-order valence-electron chi connectivity index (χ3n) is 2.69. The first-order valence-corrected chi connectivity index (χ1v) is 4.98. The van der Waals surface area contributed by atoms with Crippen molar-refractivity contribution in [2.75, 3.05) is 18.4 Å². The summed E-state index contributed by atoms with van der Waals surface area (Å²) in [4.78, 5) is 2.78. The van der Waals surface area contributed by atoms with Crippen LogP contribution in [0, 0.1) is 0 Å². The van der Waals surface area contributed by atoms with Crippen LogP contribution in [0.1, 0.15) is 17.9 Å². The molecule has 1 aliphatic rings. The van der Waals surface area contributed by atoms with Crippen LogP contribution in [0.5, 0.6) is 0 Å². The number of nitrogens with one attached hydrogen (secondary N) is 1. The zero-order chi connectivity index (χ0) is 10.7. The van der Waals surface area contributed by atoms with Crippen LogP contribution >= 0.6 is 0 Å². The Hall–Kier alpha value is -1.71. The van der Waals surface area contributed by atoms with E-state index in [0.717, 1.165) is 18.7 Å². The van der Waals surface area contributed by atoms with Gasteiger partial charge in [-0.3, -0.25) is 0 Å². The van der Waals surface area contributed by atoms with Gasteiger partial charge in [-0.25, -0.2) is 0 Å². The van der Waals surface area contributed by atoms with E-state index in [4.69, 9.17) is 11.3 Å². The van der Waals surface area contributed by atoms with Crippen molar-refractivity contribution in [2.24, 2.45) is 10.8 Å². The summed E-state index contributed by atoms with van der Waals surface area (Å²) in [6.45, 7) is 1.60. The second-order valence-electron chi connectivity index (χ2n) is 3.62. The van der Waals surface area contributed by atoms with Gasteiger partial charge in [0.25, 0.3) is 0 Å². The van der Waals surface area contributed by atoms with Gasteiger partial charge in [0.05, 0.1) is 0 Å². The van der Waals surface area contributed by atoms with Gasteiger partial charge in [-0.2, -0.15) is 0 Å². The predicted molar refractivity (Wildman–Crippen MR) is 60.2 cm³/mol. The minimum absolute atomic E-state index is 0.443. The molecule has 1 heterocycles. The number of nitrogens with zero attached hydrogens (tertiary/aromatic N) is 3. The van der Waals surface area contributed by atoms with Gasteiger partial charge < -0.3 is 11.1 Å². The molecule has 0 radical (unpaired) electrons. The monoisotopic (exact) mass is 203 g/mol. The average Bonchev–Trinajstić information content (AvgIpc) is 2.63. The largest absolute Gasteiger partial charge is 0.384 e. The Morgan fingerprint density at radius 1 is 1.60 bits per heavy atom. The predicted octanol–water partition coefficient (Wildman–Crippen LogP) is 2.49. The zero-order valence-corrected chi connectivity index (χ0v) is 8.35. The highest BCUT2D eigenvalue weighted by Gasteiger charge is 2.21. The summed E-state index contributed by atoms with van der Waals surface area (Å²) < 4.78 is 0. The fourth-order valence-electron chi connectivity index (χ4n) is 1.96. The molecule has 0 aliphatic carbocycles. The molecule has 0 saturated carbocycles. The fourth-order valence-corrected chi connectivity index (χ4v) is 1.96. The van der Waals surface area contributed by atoms with Crippen LogP contribution in [-0.2, 0) is 0 Å². The second-order valence-corrected chi connectivity index (χ2v) is 3.62.